The molecule has 0 fully saturated rings. The van der Waals surface area contributed by atoms with Crippen molar-refractivity contribution >= 4 is 66.7 Å². The molecule has 0 saturated carbocycles. The summed E-state index contributed by atoms with van der Waals surface area (Å²) in [6.07, 6.45) is 5.33. The molecule has 8 aromatic carbocycles. The fourth-order valence-corrected chi connectivity index (χ4v) is 11.2. The van der Waals surface area contributed by atoms with E-state index < -0.39 is 33.3 Å². The number of fused-ring (bicyclic) bond motifs is 4. The number of hydrogen-bond acceptors (Lipinski definition) is 14. The molecule has 23 heteroatoms. The second-order valence-electron chi connectivity index (χ2n) is 40.6. The molecule has 0 bridgehead atoms. The van der Waals surface area contributed by atoms with Crippen molar-refractivity contribution in [3.63, 3.8) is 0 Å². The van der Waals surface area contributed by atoms with Crippen LogP contribution in [0.5, 0.6) is 11.5 Å². The first-order valence-corrected chi connectivity index (χ1v) is 43.1. The number of hydrogen-bond donors (Lipinski definition) is 4. The molecule has 0 atom stereocenters. The number of methoxy groups -OCH3 is 2. The fourth-order valence-electron chi connectivity index (χ4n) is 11.2. The number of halogens is 5. The molecule has 0 aliphatic rings. The molecule has 4 heterocycles. The van der Waals surface area contributed by atoms with Crippen LogP contribution < -0.4 is 9.47 Å². The fraction of sp³-hybridized carbons (Fsp3) is 0.357. The third kappa shape index (κ3) is 40.0. The molecule has 135 heavy (non-hydrogen) atoms. The summed E-state index contributed by atoms with van der Waals surface area (Å²) in [5.41, 5.74) is 13.0. The van der Waals surface area contributed by atoms with Crippen molar-refractivity contribution in [1.29, 1.82) is 0 Å². The molecule has 4 aromatic heterocycles. The first-order valence-electron chi connectivity index (χ1n) is 43.1. The van der Waals surface area contributed by atoms with Crippen molar-refractivity contribution < 1.29 is 151 Å². The number of rotatable bonds is 10. The minimum Gasteiger partial charge on any atom is -0.516 e. The van der Waals surface area contributed by atoms with Crippen LogP contribution in [0.25, 0.3) is 88.6 Å². The van der Waals surface area contributed by atoms with E-state index in [-0.39, 0.29) is 166 Å². The SMILES string of the molecule is CC(C)(C)C(=O)C=C(O)C(C)(C)C.CC(C)(C)C(=O)C=C(O)C(C)(C)C.CC(C)(C)C(=O)C=C(O)C(C)(C)C.CC(C)(C)C(=O)C=C(O)C(C)(C)C.COc1cc2cc(F)ccc2nc1-c1[c-]c(C)cc(C)c1.COc1cc[c-]c(-c2ccc3cc(F)ccc3n2)c1.Cc1[c-]c(-c2nc3ccc(F)cc3cc2C)cc(C)c1.Cc1cc[c-]c(-c2ccc3cc(F)c(F)cc3n2)c1.[Ir].[Ir].[Ir].[Ir]. The average Bonchev–Trinajstić information content (AvgIpc) is 0.832. The summed E-state index contributed by atoms with van der Waals surface area (Å²) in [6.45, 7) is 56.6. The third-order valence-corrected chi connectivity index (χ3v) is 19.7. The predicted octanol–water partition coefficient (Wildman–Crippen LogP) is 29.7. The quantitative estimate of drug-likeness (QED) is 0.0433. The van der Waals surface area contributed by atoms with E-state index in [1.807, 2.05) is 261 Å². The van der Waals surface area contributed by atoms with Gasteiger partial charge in [0.2, 0.25) is 0 Å². The number of carbonyl (C=O) groups is 4. The predicted molar refractivity (Wildman–Crippen MR) is 524 cm³/mol. The van der Waals surface area contributed by atoms with E-state index in [4.69, 9.17) is 9.47 Å². The van der Waals surface area contributed by atoms with Crippen LogP contribution in [0.4, 0.5) is 22.0 Å². The number of pyridine rings is 4. The standard InChI is InChI=1S/C18H15FNO.C18H15FN.C16H10F2N.C16H11FNO.4C11H20O2.4Ir/c1-11-6-12(2)8-14(7-11)18-17(21-3)10-13-9-15(19)4-5-16(13)20-18;1-11-6-12(2)8-15(7-11)18-13(3)9-14-10-16(19)4-5-17(14)20-18;1-10-3-2-4-11(7-10)15-6-5-12-8-13(17)14(18)9-16(12)19-15;1-19-14-4-2-3-11(10-14)15-7-5-12-9-13(17)6-8-16(12)18-15;4*1-10(2,3)8(12)7-9(13)11(4,5)6;;;;/h4-7,9-10H,1-3H3;4-7,9-10H,1-3H3;2-3,5-9H,1H3;2,4-10H,1H3;4*7,12H,1-6H3;;;;/q4*-1;;;;;;;;. The van der Waals surface area contributed by atoms with Crippen LogP contribution >= 0.6 is 0 Å². The molecule has 734 valence electrons. The van der Waals surface area contributed by atoms with Gasteiger partial charge < -0.3 is 29.9 Å². The van der Waals surface area contributed by atoms with E-state index in [1.54, 1.807) is 50.6 Å². The number of aliphatic hydroxyl groups excluding tert-OH is 4. The van der Waals surface area contributed by atoms with Gasteiger partial charge in [0.05, 0.1) is 36.3 Å². The van der Waals surface area contributed by atoms with E-state index >= 15 is 0 Å². The van der Waals surface area contributed by atoms with Gasteiger partial charge in [0.15, 0.2) is 34.8 Å². The van der Waals surface area contributed by atoms with Gasteiger partial charge in [-0.15, -0.1) is 135 Å². The van der Waals surface area contributed by atoms with E-state index in [0.717, 1.165) is 118 Å². The van der Waals surface area contributed by atoms with Crippen LogP contribution in [0.1, 0.15) is 200 Å². The monoisotopic (exact) mass is 2560 g/mol. The Balaban J connectivity index is 0.000000775. The Morgan fingerprint density at radius 1 is 0.311 bits per heavy atom. The van der Waals surface area contributed by atoms with Crippen LogP contribution in [-0.2, 0) is 99.6 Å². The summed E-state index contributed by atoms with van der Waals surface area (Å²) >= 11 is 0. The van der Waals surface area contributed by atoms with E-state index in [1.165, 1.54) is 66.3 Å². The van der Waals surface area contributed by atoms with E-state index in [9.17, 15) is 61.6 Å². The zero-order chi connectivity index (χ0) is 99.4. The van der Waals surface area contributed by atoms with Crippen molar-refractivity contribution in [2.45, 2.75) is 208 Å². The van der Waals surface area contributed by atoms with Crippen molar-refractivity contribution in [1.82, 2.24) is 19.9 Å². The molecule has 4 radical (unpaired) electrons. The Kier molecular flexibility index (Phi) is 47.4. The van der Waals surface area contributed by atoms with Crippen LogP contribution in [0, 0.1) is 138 Å². The molecule has 0 aliphatic carbocycles. The molecule has 12 rings (SSSR count). The van der Waals surface area contributed by atoms with Gasteiger partial charge in [0, 0.05) is 187 Å². The number of ether oxygens (including phenoxy) is 2. The molecular formula is C112H131F5Ir4N4O10-4. The molecule has 0 spiro atoms. The maximum Gasteiger partial charge on any atom is 0.164 e. The third-order valence-electron chi connectivity index (χ3n) is 19.7. The van der Waals surface area contributed by atoms with Gasteiger partial charge in [0.25, 0.3) is 0 Å². The van der Waals surface area contributed by atoms with Gasteiger partial charge >= 0.3 is 0 Å². The van der Waals surface area contributed by atoms with Gasteiger partial charge in [-0.05, 0) is 90.7 Å². The van der Waals surface area contributed by atoms with E-state index in [0.29, 0.717) is 22.3 Å². The number of allylic oxidation sites excluding steroid dienone is 8. The number of aryl methyl sites for hydroxylation is 6. The second kappa shape index (κ2) is 52.0. The smallest absolute Gasteiger partial charge is 0.164 e. The Bertz CT molecular complexity index is 5960. The minimum absolute atomic E-state index is 0. The summed E-state index contributed by atoms with van der Waals surface area (Å²) in [5.74, 6) is -0.713. The van der Waals surface area contributed by atoms with Gasteiger partial charge in [-0.3, -0.25) is 39.1 Å². The molecule has 14 nitrogen and oxygen atoms in total. The van der Waals surface area contributed by atoms with Crippen molar-refractivity contribution in [3.05, 3.63) is 298 Å². The Morgan fingerprint density at radius 3 is 0.985 bits per heavy atom. The zero-order valence-electron chi connectivity index (χ0n) is 83.6. The summed E-state index contributed by atoms with van der Waals surface area (Å²) in [7, 11) is 3.21. The minimum atomic E-state index is -0.884. The molecule has 4 N–H and O–H groups in total. The number of ketones is 4. The summed E-state index contributed by atoms with van der Waals surface area (Å²) in [4.78, 5) is 64.1. The molecular weight excluding hydrogens is 2430 g/mol. The maximum absolute atomic E-state index is 13.3. The summed E-state index contributed by atoms with van der Waals surface area (Å²) in [5, 5.41) is 41.2. The Hall–Kier alpha value is -9.91. The Morgan fingerprint density at radius 2 is 0.630 bits per heavy atom. The van der Waals surface area contributed by atoms with Gasteiger partial charge in [-0.2, -0.15) is 0 Å². The average molecular weight is 2560 g/mol. The molecule has 0 amide bonds. The topological polar surface area (TPSA) is 219 Å². The van der Waals surface area contributed by atoms with Crippen molar-refractivity contribution in [2.75, 3.05) is 14.2 Å². The largest absolute Gasteiger partial charge is 0.516 e. The van der Waals surface area contributed by atoms with Crippen LogP contribution in [-0.4, -0.2) is 77.7 Å². The second-order valence-corrected chi connectivity index (χ2v) is 40.6. The first kappa shape index (κ1) is 123. The number of nitrogens with zero attached hydrogens (tertiary/aromatic N) is 4. The van der Waals surface area contributed by atoms with Crippen molar-refractivity contribution in [3.8, 4) is 56.5 Å². The van der Waals surface area contributed by atoms with Crippen LogP contribution in [0.3, 0.4) is 0 Å². The van der Waals surface area contributed by atoms with Crippen LogP contribution in [0.2, 0.25) is 0 Å². The van der Waals surface area contributed by atoms with Gasteiger partial charge in [0.1, 0.15) is 46.2 Å². The number of aliphatic hydroxyl groups is 4. The number of carbonyl (C=O) groups excluding carboxylic acids is 4. The van der Waals surface area contributed by atoms with Gasteiger partial charge in [-0.25, -0.2) is 22.0 Å². The molecule has 0 unspecified atom stereocenters. The van der Waals surface area contributed by atoms with Crippen molar-refractivity contribution in [2.24, 2.45) is 43.3 Å². The molecule has 12 aromatic rings. The number of benzene rings is 8. The zero-order valence-corrected chi connectivity index (χ0v) is 93.2. The molecule has 0 aliphatic heterocycles. The Labute approximate surface area is 850 Å². The maximum atomic E-state index is 13.3. The molecule has 0 saturated heterocycles. The van der Waals surface area contributed by atoms with Crippen LogP contribution in [0.15, 0.2) is 211 Å². The van der Waals surface area contributed by atoms with E-state index in [2.05, 4.69) is 69.3 Å². The first-order chi connectivity index (χ1) is 60.2. The normalized spacial score (nSPS) is 11.9. The van der Waals surface area contributed by atoms with Gasteiger partial charge in [-0.1, -0.05) is 237 Å². The number of aromatic nitrogens is 4. The summed E-state index contributed by atoms with van der Waals surface area (Å²) in [6, 6.07) is 59.4. The summed E-state index contributed by atoms with van der Waals surface area (Å²) < 4.78 is 76.6.